The molecule has 0 saturated carbocycles. The number of piperidine rings is 2. The number of imide groups is 2. The summed E-state index contributed by atoms with van der Waals surface area (Å²) in [6.45, 7) is 8.05. The molecule has 3 aliphatic heterocycles. The molecule has 0 aliphatic carbocycles. The molecule has 2 fully saturated rings. The number of benzene rings is 1. The maximum atomic E-state index is 12.9. The van der Waals surface area contributed by atoms with Crippen LogP contribution in [0.2, 0.25) is 0 Å². The smallest absolute Gasteiger partial charge is 0.410 e. The van der Waals surface area contributed by atoms with E-state index < -0.39 is 35.3 Å². The predicted octanol–water partition coefficient (Wildman–Crippen LogP) is 1.90. The summed E-state index contributed by atoms with van der Waals surface area (Å²) >= 11 is 0. The lowest BCUT2D eigenvalue weighted by molar-refractivity contribution is -0.136. The van der Waals surface area contributed by atoms with Crippen molar-refractivity contribution in [2.45, 2.75) is 64.2 Å². The number of nitrogens with one attached hydrogen (secondary N) is 1. The monoisotopic (exact) mass is 545 g/mol. The standard InChI is InChI=1S/C27H35N3O9/c1-27(2,3)39-26(35)29-10-8-17(9-11-29)37-14-12-36-13-15-38-18-4-5-19-20(16-18)25(34)30(24(19)33)21-6-7-22(31)28-23(21)32/h4-5,16-17,21H,6-15H2,1-3H3,(H,28,31,32). The third-order valence-corrected chi connectivity index (χ3v) is 6.58. The minimum absolute atomic E-state index is 0.0648. The summed E-state index contributed by atoms with van der Waals surface area (Å²) in [7, 11) is 0. The molecule has 1 aromatic rings. The highest BCUT2D eigenvalue weighted by molar-refractivity contribution is 6.23. The topological polar surface area (TPSA) is 141 Å². The summed E-state index contributed by atoms with van der Waals surface area (Å²) in [5.41, 5.74) is -0.155. The molecule has 3 heterocycles. The summed E-state index contributed by atoms with van der Waals surface area (Å²) in [6, 6.07) is 3.56. The third kappa shape index (κ3) is 7.12. The van der Waals surface area contributed by atoms with E-state index in [0.717, 1.165) is 17.7 Å². The Morgan fingerprint density at radius 1 is 0.949 bits per heavy atom. The van der Waals surface area contributed by atoms with Crippen molar-refractivity contribution in [3.05, 3.63) is 29.3 Å². The molecule has 1 unspecified atom stereocenters. The van der Waals surface area contributed by atoms with Gasteiger partial charge in [0.15, 0.2) is 0 Å². The van der Waals surface area contributed by atoms with E-state index in [1.807, 2.05) is 20.8 Å². The zero-order valence-electron chi connectivity index (χ0n) is 22.5. The number of carbonyl (C=O) groups excluding carboxylic acids is 5. The molecule has 0 bridgehead atoms. The average molecular weight is 546 g/mol. The van der Waals surface area contributed by atoms with E-state index in [1.54, 1.807) is 11.0 Å². The van der Waals surface area contributed by atoms with Gasteiger partial charge in [-0.2, -0.15) is 0 Å². The molecule has 1 atom stereocenters. The number of fused-ring (bicyclic) bond motifs is 1. The number of ether oxygens (including phenoxy) is 4. The first-order chi connectivity index (χ1) is 18.5. The van der Waals surface area contributed by atoms with Gasteiger partial charge in [0.25, 0.3) is 11.8 Å². The molecular formula is C27H35N3O9. The van der Waals surface area contributed by atoms with E-state index in [9.17, 15) is 24.0 Å². The number of hydrogen-bond donors (Lipinski definition) is 1. The first-order valence-corrected chi connectivity index (χ1v) is 13.2. The number of likely N-dealkylation sites (tertiary alicyclic amines) is 1. The van der Waals surface area contributed by atoms with Gasteiger partial charge in [-0.25, -0.2) is 4.79 Å². The Labute approximate surface area is 226 Å². The Morgan fingerprint density at radius 2 is 1.64 bits per heavy atom. The second-order valence-corrected chi connectivity index (χ2v) is 10.7. The molecule has 5 amide bonds. The molecule has 12 heteroatoms. The highest BCUT2D eigenvalue weighted by Crippen LogP contribution is 2.30. The van der Waals surface area contributed by atoms with E-state index in [0.29, 0.717) is 38.7 Å². The second kappa shape index (κ2) is 12.1. The molecule has 1 aromatic carbocycles. The van der Waals surface area contributed by atoms with Gasteiger partial charge in [0.1, 0.15) is 24.0 Å². The van der Waals surface area contributed by atoms with Gasteiger partial charge in [0.05, 0.1) is 37.1 Å². The minimum atomic E-state index is -1.01. The van der Waals surface area contributed by atoms with Crippen LogP contribution >= 0.6 is 0 Å². The van der Waals surface area contributed by atoms with Crippen LogP contribution in [0.25, 0.3) is 0 Å². The number of rotatable bonds is 9. The van der Waals surface area contributed by atoms with Gasteiger partial charge in [0, 0.05) is 19.5 Å². The van der Waals surface area contributed by atoms with Crippen LogP contribution in [-0.4, -0.2) is 96.8 Å². The summed E-state index contributed by atoms with van der Waals surface area (Å²) < 4.78 is 22.5. The molecule has 1 N–H and O–H groups in total. The van der Waals surface area contributed by atoms with Crippen molar-refractivity contribution in [2.24, 2.45) is 0 Å². The van der Waals surface area contributed by atoms with Crippen molar-refractivity contribution in [2.75, 3.05) is 39.5 Å². The number of amides is 5. The molecule has 4 rings (SSSR count). The molecule has 39 heavy (non-hydrogen) atoms. The molecule has 12 nitrogen and oxygen atoms in total. The average Bonchev–Trinajstić information content (AvgIpc) is 3.12. The van der Waals surface area contributed by atoms with Gasteiger partial charge >= 0.3 is 6.09 Å². The minimum Gasteiger partial charge on any atom is -0.491 e. The fraction of sp³-hybridized carbons (Fsp3) is 0.593. The fourth-order valence-electron chi connectivity index (χ4n) is 4.67. The van der Waals surface area contributed by atoms with Crippen LogP contribution in [0.4, 0.5) is 4.79 Å². The van der Waals surface area contributed by atoms with Gasteiger partial charge in [-0.3, -0.25) is 29.4 Å². The lowest BCUT2D eigenvalue weighted by Gasteiger charge is -2.33. The van der Waals surface area contributed by atoms with Gasteiger partial charge < -0.3 is 23.8 Å². The molecule has 2 saturated heterocycles. The van der Waals surface area contributed by atoms with E-state index in [-0.39, 0.29) is 42.8 Å². The lowest BCUT2D eigenvalue weighted by Crippen LogP contribution is -2.54. The highest BCUT2D eigenvalue weighted by atomic mass is 16.6. The van der Waals surface area contributed by atoms with Gasteiger partial charge in [-0.05, 0) is 58.2 Å². The van der Waals surface area contributed by atoms with Crippen molar-refractivity contribution in [1.82, 2.24) is 15.1 Å². The predicted molar refractivity (Wildman–Crippen MR) is 136 cm³/mol. The van der Waals surface area contributed by atoms with Crippen molar-refractivity contribution in [1.29, 1.82) is 0 Å². The molecule has 0 spiro atoms. The van der Waals surface area contributed by atoms with Gasteiger partial charge in [0.2, 0.25) is 11.8 Å². The second-order valence-electron chi connectivity index (χ2n) is 10.7. The molecule has 0 aromatic heterocycles. The summed E-state index contributed by atoms with van der Waals surface area (Å²) in [6.07, 6.45) is 1.42. The largest absolute Gasteiger partial charge is 0.491 e. The van der Waals surface area contributed by atoms with E-state index in [4.69, 9.17) is 18.9 Å². The number of hydrogen-bond acceptors (Lipinski definition) is 9. The Hall–Kier alpha value is -3.51. The Morgan fingerprint density at radius 3 is 2.33 bits per heavy atom. The maximum absolute atomic E-state index is 12.9. The Bertz CT molecular complexity index is 1120. The molecular weight excluding hydrogens is 510 g/mol. The Balaban J connectivity index is 1.13. The van der Waals surface area contributed by atoms with Crippen LogP contribution < -0.4 is 10.1 Å². The molecule has 0 radical (unpaired) electrons. The van der Waals surface area contributed by atoms with Crippen molar-refractivity contribution >= 4 is 29.7 Å². The van der Waals surface area contributed by atoms with E-state index in [2.05, 4.69) is 5.32 Å². The molecule has 3 aliphatic rings. The first-order valence-electron chi connectivity index (χ1n) is 13.2. The quantitative estimate of drug-likeness (QED) is 0.364. The zero-order valence-corrected chi connectivity index (χ0v) is 22.5. The van der Waals surface area contributed by atoms with Crippen LogP contribution in [0.1, 0.15) is 67.2 Å². The lowest BCUT2D eigenvalue weighted by atomic mass is 10.0. The van der Waals surface area contributed by atoms with Crippen LogP contribution in [-0.2, 0) is 23.8 Å². The van der Waals surface area contributed by atoms with E-state index in [1.165, 1.54) is 12.1 Å². The number of nitrogens with zero attached hydrogens (tertiary/aromatic N) is 2. The third-order valence-electron chi connectivity index (χ3n) is 6.58. The van der Waals surface area contributed by atoms with Gasteiger partial charge in [-0.1, -0.05) is 0 Å². The van der Waals surface area contributed by atoms with E-state index >= 15 is 0 Å². The highest BCUT2D eigenvalue weighted by Gasteiger charge is 2.44. The Kier molecular flexibility index (Phi) is 8.86. The summed E-state index contributed by atoms with van der Waals surface area (Å²) in [5.74, 6) is -1.81. The number of carbonyl (C=O) groups is 5. The summed E-state index contributed by atoms with van der Waals surface area (Å²) in [4.78, 5) is 64.0. The van der Waals surface area contributed by atoms with Gasteiger partial charge in [-0.15, -0.1) is 0 Å². The fourth-order valence-corrected chi connectivity index (χ4v) is 4.67. The SMILES string of the molecule is CC(C)(C)OC(=O)N1CCC(OCCOCCOc2ccc3c(c2)C(=O)N(C2CCC(=O)NC2=O)C3=O)CC1. The zero-order chi connectivity index (χ0) is 28.2. The van der Waals surface area contributed by atoms with Crippen molar-refractivity contribution < 1.29 is 42.9 Å². The van der Waals surface area contributed by atoms with Crippen molar-refractivity contribution in [3.63, 3.8) is 0 Å². The summed E-state index contributed by atoms with van der Waals surface area (Å²) in [5, 5.41) is 2.17. The van der Waals surface area contributed by atoms with Crippen LogP contribution in [0.5, 0.6) is 5.75 Å². The first kappa shape index (κ1) is 28.5. The normalized spacial score (nSPS) is 20.2. The maximum Gasteiger partial charge on any atom is 0.410 e. The van der Waals surface area contributed by atoms with Crippen LogP contribution in [0.15, 0.2) is 18.2 Å². The van der Waals surface area contributed by atoms with Crippen molar-refractivity contribution in [3.8, 4) is 5.75 Å². The van der Waals surface area contributed by atoms with Crippen LogP contribution in [0.3, 0.4) is 0 Å². The van der Waals surface area contributed by atoms with Crippen LogP contribution in [0, 0.1) is 0 Å². The molecule has 212 valence electrons.